The first-order chi connectivity index (χ1) is 33.8. The van der Waals surface area contributed by atoms with Crippen LogP contribution in [0.5, 0.6) is 0 Å². The van der Waals surface area contributed by atoms with E-state index in [0.29, 0.717) is 0 Å². The summed E-state index contributed by atoms with van der Waals surface area (Å²) in [4.78, 5) is 4.98. The molecule has 69 heavy (non-hydrogen) atoms. The lowest BCUT2D eigenvalue weighted by Crippen LogP contribution is -2.18. The van der Waals surface area contributed by atoms with Crippen LogP contribution in [-0.2, 0) is 10.8 Å². The SMILES string of the molecule is CC1(C)c2ccccc2-c2ccc(N(c3ccc4c(c3)C(C)(C)c3ccccc3-4)c3cc(N(c4ccccc4)c4ccccc4)c4c5ccccc5n(-c5cccc(-c6ccccc6)c5)c4c3)cc21. The van der Waals surface area contributed by atoms with E-state index < -0.39 is 0 Å². The molecule has 10 aromatic carbocycles. The first-order valence-corrected chi connectivity index (χ1v) is 24.2. The fourth-order valence-corrected chi connectivity index (χ4v) is 11.8. The van der Waals surface area contributed by atoms with E-state index >= 15 is 0 Å². The predicted octanol–water partition coefficient (Wildman–Crippen LogP) is 18.0. The molecule has 3 nitrogen and oxygen atoms in total. The molecule has 0 spiro atoms. The first kappa shape index (κ1) is 40.8. The quantitative estimate of drug-likeness (QED) is 0.151. The average Bonchev–Trinajstić information content (AvgIpc) is 3.94. The van der Waals surface area contributed by atoms with Gasteiger partial charge in [0.15, 0.2) is 0 Å². The van der Waals surface area contributed by atoms with Crippen molar-refractivity contribution in [3.8, 4) is 39.1 Å². The Hall–Kier alpha value is -8.40. The van der Waals surface area contributed by atoms with Crippen molar-refractivity contribution in [1.29, 1.82) is 0 Å². The number of anilines is 6. The molecule has 0 aliphatic heterocycles. The summed E-state index contributed by atoms with van der Waals surface area (Å²) in [6.07, 6.45) is 0. The number of benzene rings is 10. The van der Waals surface area contributed by atoms with Crippen molar-refractivity contribution in [2.75, 3.05) is 9.80 Å². The van der Waals surface area contributed by atoms with Crippen LogP contribution in [0.4, 0.5) is 34.1 Å². The number of hydrogen-bond acceptors (Lipinski definition) is 2. The molecule has 0 bridgehead atoms. The van der Waals surface area contributed by atoms with Gasteiger partial charge in [0.25, 0.3) is 0 Å². The second kappa shape index (κ2) is 15.6. The second-order valence-corrected chi connectivity index (χ2v) is 19.8. The lowest BCUT2D eigenvalue weighted by molar-refractivity contribution is 0.660. The number of rotatable bonds is 8. The standard InChI is InChI=1S/C66H51N3/c1-65(2)57-32-17-14-29-52(57)54-37-35-49(40-59(54)65)67(50-36-38-55-53-30-15-18-33-58(53)66(3,4)60(55)41-50)51-42-62(68(46-24-10-6-11-25-46)47-26-12-7-13-27-47)64-56-31-16-19-34-61(56)69(63(64)43-51)48-28-20-23-45(39-48)44-21-8-5-9-22-44/h5-43H,1-4H3. The zero-order valence-electron chi connectivity index (χ0n) is 39.4. The van der Waals surface area contributed by atoms with Gasteiger partial charge < -0.3 is 14.4 Å². The maximum absolute atomic E-state index is 2.53. The van der Waals surface area contributed by atoms with Crippen LogP contribution >= 0.6 is 0 Å². The van der Waals surface area contributed by atoms with Crippen molar-refractivity contribution >= 4 is 55.9 Å². The van der Waals surface area contributed by atoms with Crippen molar-refractivity contribution < 1.29 is 0 Å². The van der Waals surface area contributed by atoms with Crippen LogP contribution in [0.1, 0.15) is 49.9 Å². The molecule has 3 heteroatoms. The topological polar surface area (TPSA) is 11.4 Å². The van der Waals surface area contributed by atoms with Crippen LogP contribution in [0.3, 0.4) is 0 Å². The third kappa shape index (κ3) is 6.34. The van der Waals surface area contributed by atoms with Crippen molar-refractivity contribution in [2.45, 2.75) is 38.5 Å². The summed E-state index contributed by atoms with van der Waals surface area (Å²) in [5, 5.41) is 2.37. The molecule has 13 rings (SSSR count). The van der Waals surface area contributed by atoms with Crippen molar-refractivity contribution in [3.63, 3.8) is 0 Å². The van der Waals surface area contributed by atoms with Gasteiger partial charge in [-0.1, -0.05) is 185 Å². The summed E-state index contributed by atoms with van der Waals surface area (Å²) >= 11 is 0. The fourth-order valence-electron chi connectivity index (χ4n) is 11.8. The highest BCUT2D eigenvalue weighted by Gasteiger charge is 2.38. The van der Waals surface area contributed by atoms with Gasteiger partial charge >= 0.3 is 0 Å². The van der Waals surface area contributed by atoms with Crippen molar-refractivity contribution in [3.05, 3.63) is 259 Å². The Morgan fingerprint density at radius 1 is 0.319 bits per heavy atom. The Bertz CT molecular complexity index is 3640. The van der Waals surface area contributed by atoms with Gasteiger partial charge in [-0.05, 0) is 134 Å². The molecule has 11 aromatic rings. The summed E-state index contributed by atoms with van der Waals surface area (Å²) in [5.74, 6) is 0. The highest BCUT2D eigenvalue weighted by molar-refractivity contribution is 6.18. The minimum atomic E-state index is -0.183. The molecule has 330 valence electrons. The summed E-state index contributed by atoms with van der Waals surface area (Å²) < 4.78 is 2.49. The fraction of sp³-hybridized carbons (Fsp3) is 0.0909. The molecule has 0 radical (unpaired) electrons. The third-order valence-corrected chi connectivity index (χ3v) is 15.1. The Labute approximate surface area is 404 Å². The molecule has 0 saturated carbocycles. The molecule has 1 aromatic heterocycles. The van der Waals surface area contributed by atoms with E-state index in [9.17, 15) is 0 Å². The van der Waals surface area contributed by atoms with E-state index in [1.165, 1.54) is 66.4 Å². The van der Waals surface area contributed by atoms with E-state index in [4.69, 9.17) is 0 Å². The van der Waals surface area contributed by atoms with Crippen LogP contribution < -0.4 is 9.80 Å². The lowest BCUT2D eigenvalue weighted by Gasteiger charge is -2.32. The number of fused-ring (bicyclic) bond motifs is 9. The Balaban J connectivity index is 1.14. The van der Waals surface area contributed by atoms with E-state index in [0.717, 1.165) is 50.8 Å². The van der Waals surface area contributed by atoms with Crippen molar-refractivity contribution in [1.82, 2.24) is 4.57 Å². The zero-order chi connectivity index (χ0) is 46.4. The minimum Gasteiger partial charge on any atom is -0.310 e. The molecular formula is C66H51N3. The van der Waals surface area contributed by atoms with Crippen molar-refractivity contribution in [2.24, 2.45) is 0 Å². The number of hydrogen-bond donors (Lipinski definition) is 0. The van der Waals surface area contributed by atoms with Gasteiger partial charge in [0.2, 0.25) is 0 Å². The molecule has 2 aliphatic rings. The summed E-state index contributed by atoms with van der Waals surface area (Å²) in [6, 6.07) is 87.5. The normalized spacial score (nSPS) is 13.7. The van der Waals surface area contributed by atoms with Gasteiger partial charge in [-0.3, -0.25) is 0 Å². The van der Waals surface area contributed by atoms with E-state index in [2.05, 4.69) is 279 Å². The molecule has 0 unspecified atom stereocenters. The Morgan fingerprint density at radius 2 is 0.812 bits per heavy atom. The van der Waals surface area contributed by atoms with Gasteiger partial charge in [0, 0.05) is 50.0 Å². The van der Waals surface area contributed by atoms with Crippen LogP contribution in [0.15, 0.2) is 237 Å². The largest absolute Gasteiger partial charge is 0.310 e. The Kier molecular flexibility index (Phi) is 9.22. The molecule has 0 N–H and O–H groups in total. The predicted molar refractivity (Wildman–Crippen MR) is 291 cm³/mol. The number of aromatic nitrogens is 1. The molecule has 2 aliphatic carbocycles. The molecular weight excluding hydrogens is 835 g/mol. The van der Waals surface area contributed by atoms with Gasteiger partial charge in [-0.25, -0.2) is 0 Å². The Morgan fingerprint density at radius 3 is 1.41 bits per heavy atom. The minimum absolute atomic E-state index is 0.183. The van der Waals surface area contributed by atoms with Crippen LogP contribution in [0.25, 0.3) is 60.9 Å². The summed E-state index contributed by atoms with van der Waals surface area (Å²) in [6.45, 7) is 9.52. The van der Waals surface area contributed by atoms with Crippen LogP contribution in [-0.4, -0.2) is 4.57 Å². The summed E-state index contributed by atoms with van der Waals surface area (Å²) in [7, 11) is 0. The maximum Gasteiger partial charge on any atom is 0.0583 e. The van der Waals surface area contributed by atoms with E-state index in [-0.39, 0.29) is 10.8 Å². The number of para-hydroxylation sites is 3. The lowest BCUT2D eigenvalue weighted by atomic mass is 9.82. The second-order valence-electron chi connectivity index (χ2n) is 19.8. The monoisotopic (exact) mass is 885 g/mol. The highest BCUT2D eigenvalue weighted by Crippen LogP contribution is 2.55. The number of nitrogens with zero attached hydrogens (tertiary/aromatic N) is 3. The molecule has 0 fully saturated rings. The van der Waals surface area contributed by atoms with Gasteiger partial charge in [-0.2, -0.15) is 0 Å². The smallest absolute Gasteiger partial charge is 0.0583 e. The summed E-state index contributed by atoms with van der Waals surface area (Å²) in [5.41, 5.74) is 22.6. The van der Waals surface area contributed by atoms with E-state index in [1.54, 1.807) is 0 Å². The van der Waals surface area contributed by atoms with Gasteiger partial charge in [-0.15, -0.1) is 0 Å². The third-order valence-electron chi connectivity index (χ3n) is 15.1. The maximum atomic E-state index is 2.53. The average molecular weight is 886 g/mol. The molecule has 1 heterocycles. The molecule has 0 saturated heterocycles. The van der Waals surface area contributed by atoms with Gasteiger partial charge in [0.05, 0.1) is 22.4 Å². The molecule has 0 amide bonds. The zero-order valence-corrected chi connectivity index (χ0v) is 39.4. The first-order valence-electron chi connectivity index (χ1n) is 24.2. The molecule has 0 atom stereocenters. The van der Waals surface area contributed by atoms with Gasteiger partial charge in [0.1, 0.15) is 0 Å². The van der Waals surface area contributed by atoms with Crippen LogP contribution in [0.2, 0.25) is 0 Å². The van der Waals surface area contributed by atoms with Crippen LogP contribution in [0, 0.1) is 0 Å². The van der Waals surface area contributed by atoms with E-state index in [1.807, 2.05) is 0 Å². The highest BCUT2D eigenvalue weighted by atomic mass is 15.2.